The number of nitrogens with zero attached hydrogens (tertiary/aromatic N) is 1. The second-order valence-electron chi connectivity index (χ2n) is 2.38. The minimum Gasteiger partial charge on any atom is -0.365 e. The Balaban J connectivity index is 2.50. The number of nitrogens with one attached hydrogen (secondary N) is 1. The summed E-state index contributed by atoms with van der Waals surface area (Å²) in [6.07, 6.45) is 2.11. The van der Waals surface area contributed by atoms with Gasteiger partial charge in [0.25, 0.3) is 0 Å². The summed E-state index contributed by atoms with van der Waals surface area (Å²) in [6, 6.07) is 3.69. The first-order chi connectivity index (χ1) is 5.20. The van der Waals surface area contributed by atoms with Crippen molar-refractivity contribution in [3.8, 4) is 0 Å². The van der Waals surface area contributed by atoms with Crippen molar-refractivity contribution in [3.05, 3.63) is 24.0 Å². The fourth-order valence-electron chi connectivity index (χ4n) is 0.765. The van der Waals surface area contributed by atoms with Gasteiger partial charge in [-0.25, -0.2) is 5.84 Å². The lowest BCUT2D eigenvalue weighted by atomic mass is 10.3. The van der Waals surface area contributed by atoms with Crippen LogP contribution >= 0.6 is 0 Å². The van der Waals surface area contributed by atoms with Gasteiger partial charge < -0.3 is 4.98 Å². The van der Waals surface area contributed by atoms with Gasteiger partial charge in [0.1, 0.15) is 0 Å². The number of rotatable bonds is 2. The van der Waals surface area contributed by atoms with Gasteiger partial charge in [-0.2, -0.15) is 0 Å². The van der Waals surface area contributed by atoms with Crippen LogP contribution in [0.3, 0.4) is 0 Å². The zero-order valence-corrected chi connectivity index (χ0v) is 6.37. The molecule has 0 atom stereocenters. The van der Waals surface area contributed by atoms with E-state index in [1.54, 1.807) is 6.20 Å². The molecule has 4 heteroatoms. The lowest BCUT2D eigenvalue weighted by Crippen LogP contribution is -2.34. The van der Waals surface area contributed by atoms with E-state index in [9.17, 15) is 4.79 Å². The molecule has 1 heterocycles. The number of carbonyl (C=O) groups is 1. The Hall–Kier alpha value is -1.29. The third-order valence-electron chi connectivity index (χ3n) is 1.40. The summed E-state index contributed by atoms with van der Waals surface area (Å²) in [4.78, 5) is 13.9. The van der Waals surface area contributed by atoms with Crippen LogP contribution in [0.15, 0.2) is 18.3 Å². The molecule has 0 fully saturated rings. The predicted molar refractivity (Wildman–Crippen MR) is 41.5 cm³/mol. The molecule has 0 spiro atoms. The quantitative estimate of drug-likeness (QED) is 0.354. The summed E-state index contributed by atoms with van der Waals surface area (Å²) < 4.78 is 0. The van der Waals surface area contributed by atoms with E-state index < -0.39 is 0 Å². The van der Waals surface area contributed by atoms with Gasteiger partial charge in [0.05, 0.1) is 6.42 Å². The summed E-state index contributed by atoms with van der Waals surface area (Å²) in [5, 5.41) is 1.08. The first-order valence-electron chi connectivity index (χ1n) is 3.33. The molecule has 0 aliphatic heterocycles. The van der Waals surface area contributed by atoms with Crippen LogP contribution in [0, 0.1) is 0 Å². The van der Waals surface area contributed by atoms with Crippen molar-refractivity contribution in [1.82, 2.24) is 9.99 Å². The molecule has 0 bridgehead atoms. The van der Waals surface area contributed by atoms with Crippen molar-refractivity contribution in [2.24, 2.45) is 5.84 Å². The molecule has 1 rings (SSSR count). The van der Waals surface area contributed by atoms with Crippen molar-refractivity contribution in [2.75, 3.05) is 7.05 Å². The number of hydrazine groups is 1. The minimum absolute atomic E-state index is 0.104. The molecule has 0 unspecified atom stereocenters. The van der Waals surface area contributed by atoms with Crippen molar-refractivity contribution < 1.29 is 4.79 Å². The number of H-pyrrole nitrogens is 1. The van der Waals surface area contributed by atoms with Gasteiger partial charge in [0.15, 0.2) is 0 Å². The molecule has 1 aromatic rings. The summed E-state index contributed by atoms with van der Waals surface area (Å²) in [7, 11) is 1.53. The monoisotopic (exact) mass is 153 g/mol. The number of carbonyl (C=O) groups excluding carboxylic acids is 1. The number of hydrogen-bond acceptors (Lipinski definition) is 2. The van der Waals surface area contributed by atoms with Crippen LogP contribution in [-0.2, 0) is 11.2 Å². The Morgan fingerprint density at radius 3 is 3.00 bits per heavy atom. The molecule has 3 N–H and O–H groups in total. The molecule has 1 aromatic heterocycles. The normalized spacial score (nSPS) is 9.64. The second kappa shape index (κ2) is 3.21. The fourth-order valence-corrected chi connectivity index (χ4v) is 0.765. The number of aromatic nitrogens is 1. The van der Waals surface area contributed by atoms with Gasteiger partial charge in [-0.3, -0.25) is 9.80 Å². The number of aromatic amines is 1. The van der Waals surface area contributed by atoms with Crippen molar-refractivity contribution >= 4 is 5.91 Å². The first kappa shape index (κ1) is 7.81. The average molecular weight is 153 g/mol. The minimum atomic E-state index is -0.104. The van der Waals surface area contributed by atoms with Gasteiger partial charge in [-0.15, -0.1) is 0 Å². The highest BCUT2D eigenvalue weighted by Gasteiger charge is 2.05. The molecule has 60 valence electrons. The van der Waals surface area contributed by atoms with Gasteiger partial charge in [0.2, 0.25) is 5.91 Å². The Morgan fingerprint density at radius 2 is 2.55 bits per heavy atom. The van der Waals surface area contributed by atoms with E-state index in [1.807, 2.05) is 12.1 Å². The molecule has 0 aliphatic carbocycles. The number of amides is 1. The van der Waals surface area contributed by atoms with Crippen LogP contribution in [0.25, 0.3) is 0 Å². The van der Waals surface area contributed by atoms with Gasteiger partial charge in [-0.1, -0.05) is 0 Å². The fraction of sp³-hybridized carbons (Fsp3) is 0.286. The van der Waals surface area contributed by atoms with Gasteiger partial charge >= 0.3 is 0 Å². The molecule has 0 saturated heterocycles. The Labute approximate surface area is 65.0 Å². The molecule has 1 amide bonds. The average Bonchev–Trinajstić information content (AvgIpc) is 2.39. The molecule has 0 aromatic carbocycles. The van der Waals surface area contributed by atoms with E-state index in [0.29, 0.717) is 6.42 Å². The lowest BCUT2D eigenvalue weighted by Gasteiger charge is -2.07. The van der Waals surface area contributed by atoms with Crippen molar-refractivity contribution in [2.45, 2.75) is 6.42 Å². The number of nitrogens with two attached hydrogens (primary N) is 1. The summed E-state index contributed by atoms with van der Waals surface area (Å²) in [6.45, 7) is 0. The van der Waals surface area contributed by atoms with Crippen LogP contribution < -0.4 is 5.84 Å². The van der Waals surface area contributed by atoms with Crippen molar-refractivity contribution in [3.63, 3.8) is 0 Å². The van der Waals surface area contributed by atoms with Gasteiger partial charge in [-0.05, 0) is 12.1 Å². The summed E-state index contributed by atoms with van der Waals surface area (Å²) >= 11 is 0. The standard InChI is InChI=1S/C7H11N3O/c1-10(8)7(11)5-6-3-2-4-9-6/h2-4,9H,5,8H2,1H3. The second-order valence-corrected chi connectivity index (χ2v) is 2.38. The van der Waals surface area contributed by atoms with E-state index >= 15 is 0 Å². The highest BCUT2D eigenvalue weighted by molar-refractivity contribution is 5.77. The largest absolute Gasteiger partial charge is 0.365 e. The predicted octanol–water partition coefficient (Wildman–Crippen LogP) is -0.111. The molecule has 0 aliphatic rings. The molecule has 4 nitrogen and oxygen atoms in total. The van der Waals surface area contributed by atoms with Crippen molar-refractivity contribution in [1.29, 1.82) is 0 Å². The van der Waals surface area contributed by atoms with Crippen LogP contribution in [0.5, 0.6) is 0 Å². The summed E-state index contributed by atoms with van der Waals surface area (Å²) in [5.74, 6) is 5.12. The maximum absolute atomic E-state index is 11.0. The van der Waals surface area contributed by atoms with Crippen LogP contribution in [0.4, 0.5) is 0 Å². The lowest BCUT2D eigenvalue weighted by molar-refractivity contribution is -0.129. The van der Waals surface area contributed by atoms with Gasteiger partial charge in [0, 0.05) is 18.9 Å². The zero-order valence-electron chi connectivity index (χ0n) is 6.37. The summed E-state index contributed by atoms with van der Waals surface area (Å²) in [5.41, 5.74) is 0.882. The Bertz CT molecular complexity index is 228. The number of hydrogen-bond donors (Lipinski definition) is 2. The van der Waals surface area contributed by atoms with E-state index in [4.69, 9.17) is 5.84 Å². The van der Waals surface area contributed by atoms with E-state index in [-0.39, 0.29) is 5.91 Å². The van der Waals surface area contributed by atoms with Crippen LogP contribution in [-0.4, -0.2) is 22.9 Å². The molecule has 11 heavy (non-hydrogen) atoms. The third kappa shape index (κ3) is 2.09. The molecular weight excluding hydrogens is 142 g/mol. The molecule has 0 saturated carbocycles. The maximum Gasteiger partial charge on any atom is 0.242 e. The van der Waals surface area contributed by atoms with Crippen LogP contribution in [0.1, 0.15) is 5.69 Å². The van der Waals surface area contributed by atoms with Crippen LogP contribution in [0.2, 0.25) is 0 Å². The Morgan fingerprint density at radius 1 is 1.82 bits per heavy atom. The number of likely N-dealkylation sites (N-methyl/N-ethyl adjacent to an activating group) is 1. The maximum atomic E-state index is 11.0. The zero-order chi connectivity index (χ0) is 8.27. The first-order valence-corrected chi connectivity index (χ1v) is 3.33. The molecule has 0 radical (unpaired) electrons. The Kier molecular flexibility index (Phi) is 2.28. The topological polar surface area (TPSA) is 62.1 Å². The van der Waals surface area contributed by atoms with E-state index in [1.165, 1.54) is 7.05 Å². The van der Waals surface area contributed by atoms with E-state index in [0.717, 1.165) is 10.7 Å². The highest BCUT2D eigenvalue weighted by Crippen LogP contribution is 1.96. The smallest absolute Gasteiger partial charge is 0.242 e. The van der Waals surface area contributed by atoms with E-state index in [2.05, 4.69) is 4.98 Å². The SMILES string of the molecule is CN(N)C(=O)Cc1ccc[nH]1. The third-order valence-corrected chi connectivity index (χ3v) is 1.40. The molecular formula is C7H11N3O. The highest BCUT2D eigenvalue weighted by atomic mass is 16.2.